The summed E-state index contributed by atoms with van der Waals surface area (Å²) in [5, 5.41) is 7.14. The van der Waals surface area contributed by atoms with E-state index in [-0.39, 0.29) is 28.7 Å². The average molecular weight is 548 g/mol. The Labute approximate surface area is 203 Å². The third-order valence-corrected chi connectivity index (χ3v) is 7.22. The fourth-order valence-corrected chi connectivity index (χ4v) is 5.26. The minimum Gasteiger partial charge on any atom is -0.381 e. The molecule has 0 atom stereocenters. The average Bonchev–Trinajstić information content (AvgIpc) is 2.74. The zero-order chi connectivity index (χ0) is 20.5. The van der Waals surface area contributed by atoms with E-state index in [2.05, 4.69) is 53.4 Å². The van der Waals surface area contributed by atoms with Gasteiger partial charge in [0.25, 0.3) is 0 Å². The third kappa shape index (κ3) is 7.44. The second-order valence-electron chi connectivity index (χ2n) is 8.02. The standard InChI is InChI=1S/C22H37N5OS.HI/c1-4-23-21(25-17-22(29-5-2)10-14-28-15-11-22)26-19-8-12-27(13-9-19)20-7-6-18(3)16-24-20;/h6-7,16,19H,4-5,8-15,17H2,1-3H3,(H2,23,25,26);1H. The Morgan fingerprint density at radius 2 is 2.00 bits per heavy atom. The van der Waals surface area contributed by atoms with Gasteiger partial charge < -0.3 is 20.3 Å². The first kappa shape index (κ1) is 25.5. The molecule has 0 bridgehead atoms. The highest BCUT2D eigenvalue weighted by molar-refractivity contribution is 14.0. The van der Waals surface area contributed by atoms with Crippen LogP contribution in [0.2, 0.25) is 0 Å². The summed E-state index contributed by atoms with van der Waals surface area (Å²) < 4.78 is 5.83. The highest BCUT2D eigenvalue weighted by atomic mass is 127. The van der Waals surface area contributed by atoms with Gasteiger partial charge in [0.05, 0.1) is 6.54 Å². The minimum absolute atomic E-state index is 0. The summed E-state index contributed by atoms with van der Waals surface area (Å²) in [4.78, 5) is 12.0. The number of nitrogens with one attached hydrogen (secondary N) is 2. The summed E-state index contributed by atoms with van der Waals surface area (Å²) >= 11 is 2.05. The topological polar surface area (TPSA) is 61.8 Å². The van der Waals surface area contributed by atoms with Crippen molar-refractivity contribution in [3.05, 3.63) is 23.9 Å². The number of hydrogen-bond acceptors (Lipinski definition) is 5. The Morgan fingerprint density at radius 1 is 1.27 bits per heavy atom. The summed E-state index contributed by atoms with van der Waals surface area (Å²) in [6.07, 6.45) is 6.34. The Balaban J connectivity index is 0.00000320. The number of anilines is 1. The van der Waals surface area contributed by atoms with Gasteiger partial charge in [-0.1, -0.05) is 13.0 Å². The van der Waals surface area contributed by atoms with Crippen LogP contribution in [-0.4, -0.2) is 66.9 Å². The quantitative estimate of drug-likeness (QED) is 0.308. The van der Waals surface area contributed by atoms with E-state index in [1.165, 1.54) is 5.56 Å². The second-order valence-corrected chi connectivity index (χ2v) is 9.76. The van der Waals surface area contributed by atoms with E-state index >= 15 is 0 Å². The number of aromatic nitrogens is 1. The van der Waals surface area contributed by atoms with Crippen molar-refractivity contribution in [2.45, 2.75) is 57.2 Å². The van der Waals surface area contributed by atoms with Crippen LogP contribution < -0.4 is 15.5 Å². The molecule has 3 rings (SSSR count). The van der Waals surface area contributed by atoms with Crippen LogP contribution in [0.5, 0.6) is 0 Å². The number of hydrogen-bond donors (Lipinski definition) is 2. The summed E-state index contributed by atoms with van der Waals surface area (Å²) in [6, 6.07) is 4.73. The molecule has 6 nitrogen and oxygen atoms in total. The number of piperidine rings is 1. The predicted octanol–water partition coefficient (Wildman–Crippen LogP) is 3.83. The van der Waals surface area contributed by atoms with Crippen molar-refractivity contribution >= 4 is 47.5 Å². The summed E-state index contributed by atoms with van der Waals surface area (Å²) in [6.45, 7) is 12.0. The third-order valence-electron chi connectivity index (χ3n) is 5.78. The molecule has 3 heterocycles. The molecule has 2 fully saturated rings. The molecule has 0 radical (unpaired) electrons. The smallest absolute Gasteiger partial charge is 0.191 e. The van der Waals surface area contributed by atoms with E-state index in [0.717, 1.165) is 82.6 Å². The van der Waals surface area contributed by atoms with Gasteiger partial charge in [0, 0.05) is 49.8 Å². The lowest BCUT2D eigenvalue weighted by molar-refractivity contribution is 0.0793. The van der Waals surface area contributed by atoms with E-state index in [1.54, 1.807) is 0 Å². The fraction of sp³-hybridized carbons (Fsp3) is 0.727. The molecule has 0 saturated carbocycles. The predicted molar refractivity (Wildman–Crippen MR) is 140 cm³/mol. The van der Waals surface area contributed by atoms with Crippen LogP contribution in [0, 0.1) is 6.92 Å². The Hall–Kier alpha value is -0.740. The van der Waals surface area contributed by atoms with E-state index in [9.17, 15) is 0 Å². The van der Waals surface area contributed by atoms with Gasteiger partial charge in [0.2, 0.25) is 0 Å². The second kappa shape index (κ2) is 13.0. The molecule has 2 saturated heterocycles. The molecule has 2 aliphatic rings. The van der Waals surface area contributed by atoms with E-state index in [4.69, 9.17) is 9.73 Å². The number of nitrogens with zero attached hydrogens (tertiary/aromatic N) is 3. The number of guanidine groups is 1. The summed E-state index contributed by atoms with van der Waals surface area (Å²) in [5.41, 5.74) is 1.21. The van der Waals surface area contributed by atoms with Crippen molar-refractivity contribution in [2.75, 3.05) is 50.0 Å². The van der Waals surface area contributed by atoms with Crippen LogP contribution in [0.3, 0.4) is 0 Å². The van der Waals surface area contributed by atoms with Gasteiger partial charge in [-0.15, -0.1) is 24.0 Å². The number of aryl methyl sites for hydroxylation is 1. The molecule has 1 aromatic rings. The van der Waals surface area contributed by atoms with Gasteiger partial charge >= 0.3 is 0 Å². The SMILES string of the molecule is CCNC(=NCC1(SCC)CCOCC1)NC1CCN(c2ccc(C)cn2)CC1.I. The zero-order valence-corrected chi connectivity index (χ0v) is 21.8. The van der Waals surface area contributed by atoms with E-state index in [0.29, 0.717) is 6.04 Å². The van der Waals surface area contributed by atoms with E-state index in [1.807, 2.05) is 18.0 Å². The number of pyridine rings is 1. The highest BCUT2D eigenvalue weighted by Gasteiger charge is 2.32. The van der Waals surface area contributed by atoms with Crippen LogP contribution in [-0.2, 0) is 4.74 Å². The molecule has 0 spiro atoms. The van der Waals surface area contributed by atoms with Gasteiger partial charge in [-0.2, -0.15) is 11.8 Å². The molecule has 0 unspecified atom stereocenters. The maximum absolute atomic E-state index is 5.60. The van der Waals surface area contributed by atoms with Crippen molar-refractivity contribution in [3.8, 4) is 0 Å². The molecule has 30 heavy (non-hydrogen) atoms. The summed E-state index contributed by atoms with van der Waals surface area (Å²) in [5.74, 6) is 3.18. The number of halogens is 1. The van der Waals surface area contributed by atoms with Gasteiger partial charge in [-0.05, 0) is 56.9 Å². The molecule has 170 valence electrons. The minimum atomic E-state index is 0. The van der Waals surface area contributed by atoms with Crippen molar-refractivity contribution in [2.24, 2.45) is 4.99 Å². The largest absolute Gasteiger partial charge is 0.381 e. The fourth-order valence-electron chi connectivity index (χ4n) is 4.03. The molecule has 8 heteroatoms. The van der Waals surface area contributed by atoms with Crippen LogP contribution >= 0.6 is 35.7 Å². The maximum atomic E-state index is 5.60. The molecule has 2 aliphatic heterocycles. The lowest BCUT2D eigenvalue weighted by Gasteiger charge is -2.36. The number of rotatable bonds is 7. The van der Waals surface area contributed by atoms with Gasteiger partial charge in [0.15, 0.2) is 5.96 Å². The normalized spacial score (nSPS) is 19.8. The van der Waals surface area contributed by atoms with Gasteiger partial charge in [0.1, 0.15) is 5.82 Å². The molecule has 0 aliphatic carbocycles. The monoisotopic (exact) mass is 547 g/mol. The van der Waals surface area contributed by atoms with Crippen LogP contribution in [0.4, 0.5) is 5.82 Å². The summed E-state index contributed by atoms with van der Waals surface area (Å²) in [7, 11) is 0. The lowest BCUT2D eigenvalue weighted by atomic mass is 9.99. The van der Waals surface area contributed by atoms with Crippen molar-refractivity contribution < 1.29 is 4.74 Å². The zero-order valence-electron chi connectivity index (χ0n) is 18.7. The van der Waals surface area contributed by atoms with Gasteiger partial charge in [-0.25, -0.2) is 4.98 Å². The molecule has 0 aromatic carbocycles. The van der Waals surface area contributed by atoms with Crippen molar-refractivity contribution in [3.63, 3.8) is 0 Å². The molecular weight excluding hydrogens is 509 g/mol. The molecule has 0 amide bonds. The van der Waals surface area contributed by atoms with Crippen molar-refractivity contribution in [1.29, 1.82) is 0 Å². The maximum Gasteiger partial charge on any atom is 0.191 e. The number of thioether (sulfide) groups is 1. The molecular formula is C22H38IN5OS. The Kier molecular flexibility index (Phi) is 11.0. The first-order chi connectivity index (χ1) is 14.1. The first-order valence-corrected chi connectivity index (χ1v) is 12.1. The van der Waals surface area contributed by atoms with Crippen LogP contribution in [0.15, 0.2) is 23.3 Å². The highest BCUT2D eigenvalue weighted by Crippen LogP contribution is 2.35. The number of ether oxygens (including phenoxy) is 1. The van der Waals surface area contributed by atoms with Gasteiger partial charge in [-0.3, -0.25) is 4.99 Å². The lowest BCUT2D eigenvalue weighted by Crippen LogP contribution is -2.49. The Bertz CT molecular complexity index is 638. The van der Waals surface area contributed by atoms with Crippen LogP contribution in [0.1, 0.15) is 45.1 Å². The Morgan fingerprint density at radius 3 is 2.60 bits per heavy atom. The van der Waals surface area contributed by atoms with E-state index < -0.39 is 0 Å². The first-order valence-electron chi connectivity index (χ1n) is 11.1. The molecule has 1 aromatic heterocycles. The number of aliphatic imine (C=N–C) groups is 1. The van der Waals surface area contributed by atoms with Crippen molar-refractivity contribution in [1.82, 2.24) is 15.6 Å². The van der Waals surface area contributed by atoms with Crippen LogP contribution in [0.25, 0.3) is 0 Å². The molecule has 2 N–H and O–H groups in total.